The maximum absolute atomic E-state index is 12.4. The van der Waals surface area contributed by atoms with Crippen molar-refractivity contribution in [3.8, 4) is 11.4 Å². The van der Waals surface area contributed by atoms with Gasteiger partial charge in [-0.25, -0.2) is 4.98 Å². The molecule has 6 heteroatoms. The molecule has 0 aliphatic heterocycles. The minimum atomic E-state index is -0.259. The monoisotopic (exact) mass is 367 g/mol. The summed E-state index contributed by atoms with van der Waals surface area (Å²) in [5.41, 5.74) is 2.09. The molecule has 2 aromatic carbocycles. The molecule has 1 amide bonds. The largest absolute Gasteiger partial charge is 0.350 e. The number of hydrogen-bond acceptors (Lipinski definition) is 3. The number of nitrogens with one attached hydrogen (secondary N) is 1. The predicted octanol–water partition coefficient (Wildman–Crippen LogP) is 3.19. The van der Waals surface area contributed by atoms with E-state index < -0.39 is 0 Å². The maximum atomic E-state index is 12.4. The molecular formula is C20H18ClN3O2. The second-order valence-corrected chi connectivity index (χ2v) is 6.35. The highest BCUT2D eigenvalue weighted by atomic mass is 35.5. The second-order valence-electron chi connectivity index (χ2n) is 5.91. The fourth-order valence-corrected chi connectivity index (χ4v) is 2.71. The molecule has 0 atom stereocenters. The third-order valence-corrected chi connectivity index (χ3v) is 4.12. The number of aryl methyl sites for hydroxylation is 1. The van der Waals surface area contributed by atoms with E-state index in [9.17, 15) is 9.59 Å². The van der Waals surface area contributed by atoms with Crippen molar-refractivity contribution < 1.29 is 4.79 Å². The number of nitrogens with zero attached hydrogens (tertiary/aromatic N) is 2. The molecule has 3 rings (SSSR count). The van der Waals surface area contributed by atoms with Gasteiger partial charge in [0.15, 0.2) is 0 Å². The number of halogens is 1. The molecule has 0 aliphatic carbocycles. The van der Waals surface area contributed by atoms with E-state index in [0.717, 1.165) is 11.1 Å². The number of aromatic nitrogens is 2. The van der Waals surface area contributed by atoms with Gasteiger partial charge in [0.25, 0.3) is 5.56 Å². The van der Waals surface area contributed by atoms with Crippen molar-refractivity contribution in [2.45, 2.75) is 20.0 Å². The molecule has 5 nitrogen and oxygen atoms in total. The van der Waals surface area contributed by atoms with E-state index in [1.807, 2.05) is 42.5 Å². The van der Waals surface area contributed by atoms with Crippen LogP contribution < -0.4 is 10.9 Å². The summed E-state index contributed by atoms with van der Waals surface area (Å²) in [6.45, 7) is 2.04. The van der Waals surface area contributed by atoms with Crippen LogP contribution in [0.2, 0.25) is 5.02 Å². The fourth-order valence-electron chi connectivity index (χ4n) is 2.58. The first-order valence-electron chi connectivity index (χ1n) is 8.18. The zero-order chi connectivity index (χ0) is 18.5. The van der Waals surface area contributed by atoms with Gasteiger partial charge in [-0.1, -0.05) is 54.1 Å². The maximum Gasteiger partial charge on any atom is 0.254 e. The van der Waals surface area contributed by atoms with Gasteiger partial charge in [-0.05, 0) is 24.6 Å². The lowest BCUT2D eigenvalue weighted by Crippen LogP contribution is -2.33. The molecule has 0 saturated carbocycles. The van der Waals surface area contributed by atoms with Crippen molar-refractivity contribution in [3.05, 3.63) is 87.3 Å². The summed E-state index contributed by atoms with van der Waals surface area (Å²) in [5.74, 6) is 0.224. The molecular weight excluding hydrogens is 350 g/mol. The van der Waals surface area contributed by atoms with Crippen LogP contribution in [-0.2, 0) is 17.9 Å². The summed E-state index contributed by atoms with van der Waals surface area (Å²) in [7, 11) is 0. The first-order chi connectivity index (χ1) is 12.5. The molecule has 0 fully saturated rings. The van der Waals surface area contributed by atoms with Crippen LogP contribution in [0.1, 0.15) is 11.3 Å². The molecule has 3 aromatic rings. The highest BCUT2D eigenvalue weighted by Gasteiger charge is 2.12. The highest BCUT2D eigenvalue weighted by Crippen LogP contribution is 2.15. The van der Waals surface area contributed by atoms with Gasteiger partial charge in [0.2, 0.25) is 5.91 Å². The average molecular weight is 368 g/mol. The number of hydrogen-bond donors (Lipinski definition) is 1. The standard InChI is InChI=1S/C20H18ClN3O2/c1-14-11-19(26)24(20(23-14)16-5-3-2-4-6-16)13-18(25)22-12-15-7-9-17(21)10-8-15/h2-11H,12-13H2,1H3,(H,22,25). The van der Waals surface area contributed by atoms with Crippen LogP contribution in [0.5, 0.6) is 0 Å². The third kappa shape index (κ3) is 4.37. The van der Waals surface area contributed by atoms with Gasteiger partial charge >= 0.3 is 0 Å². The van der Waals surface area contributed by atoms with E-state index in [4.69, 9.17) is 11.6 Å². The van der Waals surface area contributed by atoms with Gasteiger partial charge in [0, 0.05) is 28.9 Å². The number of rotatable bonds is 5. The number of carbonyl (C=O) groups excluding carboxylic acids is 1. The van der Waals surface area contributed by atoms with Crippen molar-refractivity contribution in [2.24, 2.45) is 0 Å². The van der Waals surface area contributed by atoms with Crippen LogP contribution >= 0.6 is 11.6 Å². The Morgan fingerprint density at radius 3 is 2.50 bits per heavy atom. The Hall–Kier alpha value is -2.92. The van der Waals surface area contributed by atoms with E-state index in [2.05, 4.69) is 10.3 Å². The first kappa shape index (κ1) is 17.9. The molecule has 26 heavy (non-hydrogen) atoms. The molecule has 0 aliphatic rings. The third-order valence-electron chi connectivity index (χ3n) is 3.87. The van der Waals surface area contributed by atoms with E-state index in [1.165, 1.54) is 10.6 Å². The summed E-state index contributed by atoms with van der Waals surface area (Å²) in [6.07, 6.45) is 0. The topological polar surface area (TPSA) is 64.0 Å². The second kappa shape index (κ2) is 7.97. The summed E-state index contributed by atoms with van der Waals surface area (Å²) in [5, 5.41) is 3.46. The fraction of sp³-hybridized carbons (Fsp3) is 0.150. The Balaban J connectivity index is 1.79. The van der Waals surface area contributed by atoms with Crippen LogP contribution in [0, 0.1) is 6.92 Å². The van der Waals surface area contributed by atoms with Crippen LogP contribution in [0.3, 0.4) is 0 Å². The predicted molar refractivity (Wildman–Crippen MR) is 102 cm³/mol. The van der Waals surface area contributed by atoms with E-state index in [-0.39, 0.29) is 18.0 Å². The van der Waals surface area contributed by atoms with Gasteiger partial charge in [0.05, 0.1) is 0 Å². The van der Waals surface area contributed by atoms with Gasteiger partial charge in [-0.3, -0.25) is 14.2 Å². The van der Waals surface area contributed by atoms with Crippen LogP contribution in [0.4, 0.5) is 0 Å². The van der Waals surface area contributed by atoms with E-state index >= 15 is 0 Å². The van der Waals surface area contributed by atoms with E-state index in [0.29, 0.717) is 23.1 Å². The number of amides is 1. The zero-order valence-corrected chi connectivity index (χ0v) is 15.0. The summed E-state index contributed by atoms with van der Waals surface area (Å²) >= 11 is 5.86. The normalized spacial score (nSPS) is 10.5. The van der Waals surface area contributed by atoms with Crippen molar-refractivity contribution in [1.29, 1.82) is 0 Å². The number of benzene rings is 2. The van der Waals surface area contributed by atoms with Gasteiger partial charge in [-0.15, -0.1) is 0 Å². The van der Waals surface area contributed by atoms with Gasteiger partial charge in [-0.2, -0.15) is 0 Å². The average Bonchev–Trinajstić information content (AvgIpc) is 2.64. The summed E-state index contributed by atoms with van der Waals surface area (Å²) in [6, 6.07) is 18.0. The molecule has 0 unspecified atom stereocenters. The minimum absolute atomic E-state index is 0.0933. The van der Waals surface area contributed by atoms with Crippen LogP contribution in [0.15, 0.2) is 65.5 Å². The Kier molecular flexibility index (Phi) is 5.49. The molecule has 132 valence electrons. The molecule has 1 heterocycles. The number of carbonyl (C=O) groups is 1. The Labute approximate surface area is 156 Å². The molecule has 0 bridgehead atoms. The van der Waals surface area contributed by atoms with Crippen molar-refractivity contribution in [2.75, 3.05) is 0 Å². The molecule has 1 N–H and O–H groups in total. The quantitative estimate of drug-likeness (QED) is 0.753. The Morgan fingerprint density at radius 2 is 1.81 bits per heavy atom. The lowest BCUT2D eigenvalue weighted by Gasteiger charge is -2.13. The Morgan fingerprint density at radius 1 is 1.12 bits per heavy atom. The van der Waals surface area contributed by atoms with Crippen LogP contribution in [-0.4, -0.2) is 15.5 Å². The zero-order valence-electron chi connectivity index (χ0n) is 14.3. The Bertz CT molecular complexity index is 967. The van der Waals surface area contributed by atoms with E-state index in [1.54, 1.807) is 19.1 Å². The molecule has 0 radical (unpaired) electrons. The highest BCUT2D eigenvalue weighted by molar-refractivity contribution is 6.30. The van der Waals surface area contributed by atoms with Crippen LogP contribution in [0.25, 0.3) is 11.4 Å². The summed E-state index contributed by atoms with van der Waals surface area (Å²) < 4.78 is 1.39. The van der Waals surface area contributed by atoms with Gasteiger partial charge < -0.3 is 5.32 Å². The smallest absolute Gasteiger partial charge is 0.254 e. The lowest BCUT2D eigenvalue weighted by molar-refractivity contribution is -0.121. The van der Waals surface area contributed by atoms with Crippen molar-refractivity contribution in [1.82, 2.24) is 14.9 Å². The SMILES string of the molecule is Cc1cc(=O)n(CC(=O)NCc2ccc(Cl)cc2)c(-c2ccccc2)n1. The first-order valence-corrected chi connectivity index (χ1v) is 8.56. The lowest BCUT2D eigenvalue weighted by atomic mass is 10.2. The molecule has 1 aromatic heterocycles. The molecule has 0 spiro atoms. The summed E-state index contributed by atoms with van der Waals surface area (Å²) in [4.78, 5) is 29.2. The minimum Gasteiger partial charge on any atom is -0.350 e. The van der Waals surface area contributed by atoms with Crippen molar-refractivity contribution in [3.63, 3.8) is 0 Å². The van der Waals surface area contributed by atoms with Crippen molar-refractivity contribution >= 4 is 17.5 Å². The molecule has 0 saturated heterocycles. The van der Waals surface area contributed by atoms with Gasteiger partial charge in [0.1, 0.15) is 12.4 Å².